The van der Waals surface area contributed by atoms with Crippen molar-refractivity contribution < 1.29 is 17.9 Å². The van der Waals surface area contributed by atoms with Gasteiger partial charge in [0.25, 0.3) is 9.05 Å². The molecule has 1 aromatic carbocycles. The molecule has 0 fully saturated rings. The Morgan fingerprint density at radius 1 is 1.29 bits per heavy atom. The van der Waals surface area contributed by atoms with E-state index in [9.17, 15) is 8.42 Å². The zero-order chi connectivity index (χ0) is 16.0. The van der Waals surface area contributed by atoms with Crippen LogP contribution in [0.3, 0.4) is 0 Å². The van der Waals surface area contributed by atoms with E-state index < -0.39 is 9.05 Å². The summed E-state index contributed by atoms with van der Waals surface area (Å²) in [6, 6.07) is 4.77. The van der Waals surface area contributed by atoms with Crippen LogP contribution in [0.1, 0.15) is 45.1 Å². The van der Waals surface area contributed by atoms with Crippen LogP contribution >= 0.6 is 10.7 Å². The van der Waals surface area contributed by atoms with Gasteiger partial charge in [-0.2, -0.15) is 0 Å². The lowest BCUT2D eigenvalue weighted by Gasteiger charge is -2.20. The van der Waals surface area contributed by atoms with Crippen LogP contribution in [0, 0.1) is 0 Å². The van der Waals surface area contributed by atoms with E-state index in [1.54, 1.807) is 19.2 Å². The minimum atomic E-state index is -3.73. The number of rotatable bonds is 8. The third-order valence-corrected chi connectivity index (χ3v) is 4.81. The van der Waals surface area contributed by atoms with Crippen molar-refractivity contribution in [2.24, 2.45) is 0 Å². The molecule has 0 saturated carbocycles. The topological polar surface area (TPSA) is 52.6 Å². The SMILES string of the molecule is CCC(C)c1cc(S(=O)(=O)Cl)ccc1OC(C)CCOC. The normalized spacial score (nSPS) is 14.7. The molecule has 0 aliphatic rings. The number of benzene rings is 1. The Balaban J connectivity index is 3.08. The molecule has 0 saturated heterocycles. The minimum absolute atomic E-state index is 0.00813. The molecule has 0 amide bonds. The van der Waals surface area contributed by atoms with Gasteiger partial charge in [0.05, 0.1) is 11.0 Å². The smallest absolute Gasteiger partial charge is 0.261 e. The molecule has 0 bridgehead atoms. The van der Waals surface area contributed by atoms with Crippen LogP contribution in [-0.2, 0) is 13.8 Å². The Morgan fingerprint density at radius 2 is 1.95 bits per heavy atom. The van der Waals surface area contributed by atoms with Crippen molar-refractivity contribution in [2.75, 3.05) is 13.7 Å². The average molecular weight is 335 g/mol. The second-order valence-corrected chi connectivity index (χ2v) is 7.72. The first-order chi connectivity index (χ1) is 9.79. The van der Waals surface area contributed by atoms with Gasteiger partial charge >= 0.3 is 0 Å². The summed E-state index contributed by atoms with van der Waals surface area (Å²) < 4.78 is 33.9. The summed E-state index contributed by atoms with van der Waals surface area (Å²) in [6.07, 6.45) is 1.65. The highest BCUT2D eigenvalue weighted by Crippen LogP contribution is 2.32. The fourth-order valence-corrected chi connectivity index (χ4v) is 2.74. The summed E-state index contributed by atoms with van der Waals surface area (Å²) in [7, 11) is 3.34. The van der Waals surface area contributed by atoms with Crippen molar-refractivity contribution in [1.82, 2.24) is 0 Å². The van der Waals surface area contributed by atoms with Crippen molar-refractivity contribution in [3.63, 3.8) is 0 Å². The summed E-state index contributed by atoms with van der Waals surface area (Å²) in [5, 5.41) is 0. The molecule has 0 spiro atoms. The quantitative estimate of drug-likeness (QED) is 0.676. The lowest BCUT2D eigenvalue weighted by atomic mass is 9.97. The summed E-state index contributed by atoms with van der Waals surface area (Å²) >= 11 is 0. The van der Waals surface area contributed by atoms with E-state index in [1.807, 2.05) is 20.8 Å². The number of methoxy groups -OCH3 is 1. The molecule has 21 heavy (non-hydrogen) atoms. The van der Waals surface area contributed by atoms with Crippen LogP contribution in [0.5, 0.6) is 5.75 Å². The van der Waals surface area contributed by atoms with Gasteiger partial charge in [-0.15, -0.1) is 0 Å². The summed E-state index contributed by atoms with van der Waals surface area (Å²) in [4.78, 5) is 0.108. The van der Waals surface area contributed by atoms with Gasteiger partial charge in [0.1, 0.15) is 5.75 Å². The van der Waals surface area contributed by atoms with Gasteiger partial charge in [-0.3, -0.25) is 0 Å². The summed E-state index contributed by atoms with van der Waals surface area (Å²) in [5.74, 6) is 0.894. The molecule has 0 aromatic heterocycles. The van der Waals surface area contributed by atoms with E-state index in [0.29, 0.717) is 12.4 Å². The molecule has 2 unspecified atom stereocenters. The number of hydrogen-bond donors (Lipinski definition) is 0. The molecule has 120 valence electrons. The van der Waals surface area contributed by atoms with Crippen molar-refractivity contribution in [2.45, 2.75) is 50.5 Å². The number of halogens is 1. The maximum absolute atomic E-state index is 11.5. The van der Waals surface area contributed by atoms with Gasteiger partial charge in [-0.25, -0.2) is 8.42 Å². The molecular weight excluding hydrogens is 312 g/mol. The lowest BCUT2D eigenvalue weighted by Crippen LogP contribution is -2.15. The molecular formula is C15H23ClO4S. The molecule has 6 heteroatoms. The van der Waals surface area contributed by atoms with E-state index in [0.717, 1.165) is 18.4 Å². The van der Waals surface area contributed by atoms with Gasteiger partial charge in [-0.1, -0.05) is 13.8 Å². The first-order valence-corrected chi connectivity index (χ1v) is 9.34. The van der Waals surface area contributed by atoms with Crippen LogP contribution < -0.4 is 4.74 Å². The largest absolute Gasteiger partial charge is 0.490 e. The highest BCUT2D eigenvalue weighted by molar-refractivity contribution is 8.13. The van der Waals surface area contributed by atoms with Crippen LogP contribution in [0.25, 0.3) is 0 Å². The van der Waals surface area contributed by atoms with Crippen molar-refractivity contribution in [1.29, 1.82) is 0 Å². The Kier molecular flexibility index (Phi) is 6.97. The highest BCUT2D eigenvalue weighted by Gasteiger charge is 2.18. The highest BCUT2D eigenvalue weighted by atomic mass is 35.7. The number of hydrogen-bond acceptors (Lipinski definition) is 4. The van der Waals surface area contributed by atoms with Crippen molar-refractivity contribution >= 4 is 19.7 Å². The van der Waals surface area contributed by atoms with Crippen LogP contribution in [-0.4, -0.2) is 28.2 Å². The van der Waals surface area contributed by atoms with Crippen molar-refractivity contribution in [3.05, 3.63) is 23.8 Å². The van der Waals surface area contributed by atoms with Crippen LogP contribution in [0.2, 0.25) is 0 Å². The standard InChI is InChI=1S/C15H23ClO4S/c1-5-11(2)14-10-13(21(16,17)18)6-7-15(14)20-12(3)8-9-19-4/h6-7,10-12H,5,8-9H2,1-4H3. The summed E-state index contributed by atoms with van der Waals surface area (Å²) in [6.45, 7) is 6.66. The molecule has 0 radical (unpaired) electrons. The van der Waals surface area contributed by atoms with E-state index >= 15 is 0 Å². The summed E-state index contributed by atoms with van der Waals surface area (Å²) in [5.41, 5.74) is 0.864. The Hall–Kier alpha value is -0.780. The van der Waals surface area contributed by atoms with Crippen LogP contribution in [0.15, 0.2) is 23.1 Å². The fourth-order valence-electron chi connectivity index (χ4n) is 1.95. The minimum Gasteiger partial charge on any atom is -0.490 e. The Morgan fingerprint density at radius 3 is 2.48 bits per heavy atom. The van der Waals surface area contributed by atoms with Gasteiger partial charge in [0.15, 0.2) is 0 Å². The molecule has 4 nitrogen and oxygen atoms in total. The molecule has 2 atom stereocenters. The lowest BCUT2D eigenvalue weighted by molar-refractivity contribution is 0.134. The second kappa shape index (κ2) is 8.01. The predicted octanol–water partition coefficient (Wildman–Crippen LogP) is 3.93. The maximum atomic E-state index is 11.5. The third-order valence-electron chi connectivity index (χ3n) is 3.46. The molecule has 0 heterocycles. The van der Waals surface area contributed by atoms with E-state index in [4.69, 9.17) is 20.2 Å². The number of ether oxygens (including phenoxy) is 2. The molecule has 0 N–H and O–H groups in total. The fraction of sp³-hybridized carbons (Fsp3) is 0.600. The van der Waals surface area contributed by atoms with Gasteiger partial charge in [0.2, 0.25) is 0 Å². The van der Waals surface area contributed by atoms with Gasteiger partial charge in [-0.05, 0) is 43.0 Å². The molecule has 1 rings (SSSR count). The molecule has 0 aliphatic carbocycles. The predicted molar refractivity (Wildman–Crippen MR) is 84.8 cm³/mol. The zero-order valence-electron chi connectivity index (χ0n) is 12.9. The average Bonchev–Trinajstić information content (AvgIpc) is 2.43. The molecule has 1 aromatic rings. The Bertz CT molecular complexity index is 557. The first-order valence-electron chi connectivity index (χ1n) is 7.03. The van der Waals surface area contributed by atoms with E-state index in [1.165, 1.54) is 6.07 Å². The van der Waals surface area contributed by atoms with E-state index in [2.05, 4.69) is 0 Å². The van der Waals surface area contributed by atoms with E-state index in [-0.39, 0.29) is 16.9 Å². The van der Waals surface area contributed by atoms with Gasteiger partial charge in [0, 0.05) is 30.8 Å². The maximum Gasteiger partial charge on any atom is 0.261 e. The van der Waals surface area contributed by atoms with Crippen molar-refractivity contribution in [3.8, 4) is 5.75 Å². The zero-order valence-corrected chi connectivity index (χ0v) is 14.5. The van der Waals surface area contributed by atoms with Crippen LogP contribution in [0.4, 0.5) is 0 Å². The first kappa shape index (κ1) is 18.3. The Labute approximate surface area is 131 Å². The molecule has 0 aliphatic heterocycles. The monoisotopic (exact) mass is 334 g/mol. The van der Waals surface area contributed by atoms with Gasteiger partial charge < -0.3 is 9.47 Å². The second-order valence-electron chi connectivity index (χ2n) is 5.16. The third kappa shape index (κ3) is 5.49.